The van der Waals surface area contributed by atoms with Gasteiger partial charge in [0.05, 0.1) is 16.7 Å². The number of nitrogens with one attached hydrogen (secondary N) is 2. The number of carboxylic acids is 1. The molecule has 1 saturated carbocycles. The molecule has 9 nitrogen and oxygen atoms in total. The lowest BCUT2D eigenvalue weighted by atomic mass is 9.85. The van der Waals surface area contributed by atoms with Crippen LogP contribution in [0.25, 0.3) is 11.4 Å². The Morgan fingerprint density at radius 2 is 1.76 bits per heavy atom. The Hall–Kier alpha value is -3.79. The van der Waals surface area contributed by atoms with E-state index < -0.39 is 12.1 Å². The van der Waals surface area contributed by atoms with Crippen molar-refractivity contribution < 1.29 is 27.8 Å². The molecule has 0 amide bonds. The maximum Gasteiger partial charge on any atom is 0.490 e. The second-order valence-electron chi connectivity index (χ2n) is 11.7. The highest BCUT2D eigenvalue weighted by Crippen LogP contribution is 2.35. The largest absolute Gasteiger partial charge is 0.490 e. The monoisotopic (exact) mass is 644 g/mol. The molecule has 2 saturated heterocycles. The number of benzene rings is 2. The van der Waals surface area contributed by atoms with Gasteiger partial charge in [-0.3, -0.25) is 0 Å². The van der Waals surface area contributed by atoms with Crippen LogP contribution >= 0.6 is 11.6 Å². The van der Waals surface area contributed by atoms with Gasteiger partial charge in [-0.15, -0.1) is 0 Å². The first-order valence-electron chi connectivity index (χ1n) is 15.1. The molecule has 3 heterocycles. The molecule has 2 aromatic carbocycles. The normalized spacial score (nSPS) is 20.8. The lowest BCUT2D eigenvalue weighted by Crippen LogP contribution is -2.54. The Morgan fingerprint density at radius 1 is 1.09 bits per heavy atom. The Bertz CT molecular complexity index is 1470. The molecule has 0 spiro atoms. The van der Waals surface area contributed by atoms with Gasteiger partial charge in [0.15, 0.2) is 0 Å². The number of halogens is 4. The third-order valence-electron chi connectivity index (χ3n) is 8.50. The number of alkyl halides is 3. The summed E-state index contributed by atoms with van der Waals surface area (Å²) in [6, 6.07) is 16.2. The van der Waals surface area contributed by atoms with Crippen molar-refractivity contribution in [3.63, 3.8) is 0 Å². The first kappa shape index (κ1) is 32.6. The van der Waals surface area contributed by atoms with Gasteiger partial charge < -0.3 is 29.9 Å². The van der Waals surface area contributed by atoms with Crippen molar-refractivity contribution in [3.8, 4) is 23.2 Å². The van der Waals surface area contributed by atoms with E-state index in [-0.39, 0.29) is 6.10 Å². The van der Waals surface area contributed by atoms with Gasteiger partial charge in [-0.1, -0.05) is 11.6 Å². The van der Waals surface area contributed by atoms with Gasteiger partial charge in [-0.25, -0.2) is 9.78 Å². The van der Waals surface area contributed by atoms with Gasteiger partial charge in [0.1, 0.15) is 17.6 Å². The van der Waals surface area contributed by atoms with Crippen molar-refractivity contribution >= 4 is 23.3 Å². The molecule has 1 aliphatic carbocycles. The summed E-state index contributed by atoms with van der Waals surface area (Å²) >= 11 is 6.16. The van der Waals surface area contributed by atoms with E-state index in [9.17, 15) is 13.2 Å². The zero-order chi connectivity index (χ0) is 32.0. The van der Waals surface area contributed by atoms with Crippen molar-refractivity contribution in [2.75, 3.05) is 50.7 Å². The number of rotatable bonds is 7. The van der Waals surface area contributed by atoms with Crippen LogP contribution in [0.15, 0.2) is 48.7 Å². The van der Waals surface area contributed by atoms with E-state index >= 15 is 0 Å². The lowest BCUT2D eigenvalue weighted by molar-refractivity contribution is -0.192. The highest BCUT2D eigenvalue weighted by molar-refractivity contribution is 6.31. The topological polar surface area (TPSA) is 118 Å². The molecule has 0 radical (unpaired) electrons. The molecule has 3 fully saturated rings. The number of carboxylic acid groups (broad SMARTS) is 1. The van der Waals surface area contributed by atoms with Crippen LogP contribution in [-0.4, -0.2) is 84.0 Å². The number of aliphatic carboxylic acids is 1. The SMILES string of the molecule is N#Cc1ccc(OC2CCC(c3cnc(-c4ccc(N5CC(CN6CCNCC6)C5)cc4)[nH]3)CC2)cc1Cl.O=C(O)C(F)(F)F. The summed E-state index contributed by atoms with van der Waals surface area (Å²) in [5.74, 6) is 0.166. The van der Waals surface area contributed by atoms with E-state index in [1.54, 1.807) is 12.1 Å². The summed E-state index contributed by atoms with van der Waals surface area (Å²) in [7, 11) is 0. The number of hydrogen-bond donors (Lipinski definition) is 3. The Kier molecular flexibility index (Phi) is 10.5. The van der Waals surface area contributed by atoms with Crippen LogP contribution < -0.4 is 15.0 Å². The van der Waals surface area contributed by atoms with Gasteiger partial charge in [0.2, 0.25) is 0 Å². The first-order chi connectivity index (χ1) is 21.6. The van der Waals surface area contributed by atoms with E-state index in [0.29, 0.717) is 16.5 Å². The number of H-pyrrole nitrogens is 1. The molecule has 3 aromatic rings. The number of piperazine rings is 1. The third-order valence-corrected chi connectivity index (χ3v) is 8.82. The van der Waals surface area contributed by atoms with Gasteiger partial charge in [0.25, 0.3) is 0 Å². The van der Waals surface area contributed by atoms with E-state index in [4.69, 9.17) is 36.5 Å². The Labute approximate surface area is 264 Å². The quantitative estimate of drug-likeness (QED) is 0.301. The van der Waals surface area contributed by atoms with E-state index in [0.717, 1.165) is 74.9 Å². The number of aromatic amines is 1. The molecule has 2 aliphatic heterocycles. The molecule has 1 aromatic heterocycles. The predicted octanol–water partition coefficient (Wildman–Crippen LogP) is 5.68. The number of ether oxygens (including phenoxy) is 1. The van der Waals surface area contributed by atoms with Crippen LogP contribution in [-0.2, 0) is 4.79 Å². The molecule has 13 heteroatoms. The second-order valence-corrected chi connectivity index (χ2v) is 12.1. The molecule has 240 valence electrons. The summed E-state index contributed by atoms with van der Waals surface area (Å²) < 4.78 is 37.9. The van der Waals surface area contributed by atoms with Crippen LogP contribution in [0, 0.1) is 17.2 Å². The highest BCUT2D eigenvalue weighted by Gasteiger charge is 2.38. The molecule has 0 atom stereocenters. The Balaban J connectivity index is 0.000000515. The smallest absolute Gasteiger partial charge is 0.490 e. The van der Waals surface area contributed by atoms with Crippen molar-refractivity contribution in [1.29, 1.82) is 5.26 Å². The Morgan fingerprint density at radius 3 is 2.36 bits per heavy atom. The predicted molar refractivity (Wildman–Crippen MR) is 165 cm³/mol. The fraction of sp³-hybridized carbons (Fsp3) is 0.469. The van der Waals surface area contributed by atoms with Gasteiger partial charge in [0, 0.05) is 86.9 Å². The average molecular weight is 645 g/mol. The number of aromatic nitrogens is 2. The van der Waals surface area contributed by atoms with Crippen molar-refractivity contribution in [3.05, 3.63) is 64.9 Å². The number of nitriles is 1. The maximum atomic E-state index is 10.6. The van der Waals surface area contributed by atoms with Crippen molar-refractivity contribution in [2.24, 2.45) is 5.92 Å². The second kappa shape index (κ2) is 14.5. The van der Waals surface area contributed by atoms with E-state index in [1.165, 1.54) is 31.0 Å². The van der Waals surface area contributed by atoms with E-state index in [2.05, 4.69) is 50.4 Å². The molecule has 6 rings (SSSR count). The molecular formula is C32H36ClF3N6O3. The first-order valence-corrected chi connectivity index (χ1v) is 15.5. The summed E-state index contributed by atoms with van der Waals surface area (Å²) in [6.45, 7) is 8.13. The fourth-order valence-corrected chi connectivity index (χ4v) is 6.23. The average Bonchev–Trinajstić information content (AvgIpc) is 3.50. The van der Waals surface area contributed by atoms with Crippen LogP contribution in [0.5, 0.6) is 5.75 Å². The minimum absolute atomic E-state index is 0.170. The number of hydrogen-bond acceptors (Lipinski definition) is 7. The number of nitrogens with zero attached hydrogens (tertiary/aromatic N) is 4. The van der Waals surface area contributed by atoms with Crippen LogP contribution in [0.4, 0.5) is 18.9 Å². The molecule has 3 aliphatic rings. The van der Waals surface area contributed by atoms with Gasteiger partial charge in [-0.2, -0.15) is 18.4 Å². The molecule has 0 bridgehead atoms. The standard InChI is InChI=1S/C30H35ClN6O.C2HF3O2/c31-28-15-27(10-5-24(28)16-32)38-26-8-3-22(4-9-26)29-17-34-30(35-29)23-1-6-25(7-2-23)37-19-21(20-37)18-36-13-11-33-12-14-36;3-2(4,5)1(6)7/h1-2,5-7,10,15,17,21-22,26,33H,3-4,8-9,11-14,18-20H2,(H,34,35);(H,6,7). The number of anilines is 1. The molecule has 3 N–H and O–H groups in total. The minimum atomic E-state index is -5.08. The fourth-order valence-electron chi connectivity index (χ4n) is 6.02. The number of imidazole rings is 1. The van der Waals surface area contributed by atoms with Crippen LogP contribution in [0.3, 0.4) is 0 Å². The lowest BCUT2D eigenvalue weighted by Gasteiger charge is -2.44. The highest BCUT2D eigenvalue weighted by atomic mass is 35.5. The summed E-state index contributed by atoms with van der Waals surface area (Å²) in [5.41, 5.74) is 4.12. The third kappa shape index (κ3) is 8.69. The molecular weight excluding hydrogens is 609 g/mol. The number of carbonyl (C=O) groups is 1. The summed E-state index contributed by atoms with van der Waals surface area (Å²) in [6.07, 6.45) is 1.17. The van der Waals surface area contributed by atoms with Crippen molar-refractivity contribution in [1.82, 2.24) is 20.2 Å². The van der Waals surface area contributed by atoms with Gasteiger partial charge in [-0.05, 0) is 62.1 Å². The minimum Gasteiger partial charge on any atom is -0.490 e. The van der Waals surface area contributed by atoms with Crippen LogP contribution in [0.2, 0.25) is 5.02 Å². The van der Waals surface area contributed by atoms with E-state index in [1.807, 2.05) is 12.3 Å². The summed E-state index contributed by atoms with van der Waals surface area (Å²) in [5, 5.41) is 20.1. The van der Waals surface area contributed by atoms with Gasteiger partial charge >= 0.3 is 12.1 Å². The summed E-state index contributed by atoms with van der Waals surface area (Å²) in [4.78, 5) is 22.3. The van der Waals surface area contributed by atoms with Crippen molar-refractivity contribution in [2.45, 2.75) is 43.9 Å². The zero-order valence-corrected chi connectivity index (χ0v) is 25.4. The maximum absolute atomic E-state index is 10.6. The zero-order valence-electron chi connectivity index (χ0n) is 24.7. The molecule has 0 unspecified atom stereocenters. The molecule has 45 heavy (non-hydrogen) atoms. The van der Waals surface area contributed by atoms with Crippen LogP contribution in [0.1, 0.15) is 42.9 Å².